The Morgan fingerprint density at radius 3 is 0.711 bits per heavy atom. The Hall–Kier alpha value is 0.210. The Morgan fingerprint density at radius 1 is 0.289 bits per heavy atom. The van der Waals surface area contributed by atoms with Crippen LogP contribution in [0.15, 0.2) is 0 Å². The second-order valence-corrected chi connectivity index (χ2v) is 15.8. The number of hydrogen-bond acceptors (Lipinski definition) is 1. The lowest BCUT2D eigenvalue weighted by Crippen LogP contribution is -3.00. The third kappa shape index (κ3) is 42.2. The Labute approximate surface area is 294 Å². The quantitative estimate of drug-likeness (QED) is 0.0472. The minimum atomic E-state index is 0. The molecule has 0 amide bonds. The average molecular weight is 658 g/mol. The first kappa shape index (κ1) is 47.3. The van der Waals surface area contributed by atoms with Crippen LogP contribution in [-0.2, 0) is 0 Å². The van der Waals surface area contributed by atoms with Crippen molar-refractivity contribution in [1.29, 1.82) is 0 Å². The van der Waals surface area contributed by atoms with Crippen molar-refractivity contribution >= 4 is 0 Å². The molecule has 0 aliphatic carbocycles. The van der Waals surface area contributed by atoms with Crippen LogP contribution in [0.5, 0.6) is 0 Å². The molecule has 3 heteroatoms. The van der Waals surface area contributed by atoms with Gasteiger partial charge in [0.2, 0.25) is 0 Å². The summed E-state index contributed by atoms with van der Waals surface area (Å²) in [6.07, 6.45) is 48.1. The molecule has 0 unspecified atom stereocenters. The van der Waals surface area contributed by atoms with Gasteiger partial charge in [0.05, 0.1) is 27.7 Å². The normalized spacial score (nSPS) is 11.9. The van der Waals surface area contributed by atoms with E-state index in [1.807, 2.05) is 0 Å². The van der Waals surface area contributed by atoms with Gasteiger partial charge in [-0.25, -0.2) is 0 Å². The predicted octanol–water partition coefficient (Wildman–Crippen LogP) is 10.9. The van der Waals surface area contributed by atoms with Crippen molar-refractivity contribution in [2.75, 3.05) is 47.3 Å². The van der Waals surface area contributed by atoms with E-state index in [0.29, 0.717) is 0 Å². The summed E-state index contributed by atoms with van der Waals surface area (Å²) >= 11 is 0. The lowest BCUT2D eigenvalue weighted by molar-refractivity contribution is -0.870. The van der Waals surface area contributed by atoms with Crippen LogP contribution in [0.3, 0.4) is 0 Å². The van der Waals surface area contributed by atoms with Crippen LogP contribution < -0.4 is 12.4 Å². The van der Waals surface area contributed by atoms with E-state index < -0.39 is 0 Å². The van der Waals surface area contributed by atoms with E-state index in [2.05, 4.69) is 39.9 Å². The van der Waals surface area contributed by atoms with E-state index in [0.717, 1.165) is 4.48 Å². The van der Waals surface area contributed by atoms with Gasteiger partial charge in [-0.05, 0) is 25.9 Å². The van der Waals surface area contributed by atoms with E-state index in [9.17, 15) is 0 Å². The molecule has 0 aromatic carbocycles. The summed E-state index contributed by atoms with van der Waals surface area (Å²) in [6.45, 7) is 9.92. The fourth-order valence-corrected chi connectivity index (χ4v) is 6.87. The van der Waals surface area contributed by atoms with E-state index in [4.69, 9.17) is 0 Å². The van der Waals surface area contributed by atoms with Crippen LogP contribution in [0.25, 0.3) is 0 Å². The summed E-state index contributed by atoms with van der Waals surface area (Å²) in [4.78, 5) is 2.82. The minimum Gasteiger partial charge on any atom is -1.00 e. The van der Waals surface area contributed by atoms with E-state index >= 15 is 0 Å². The van der Waals surface area contributed by atoms with Crippen molar-refractivity contribution in [2.45, 2.75) is 226 Å². The molecule has 0 atom stereocenters. The van der Waals surface area contributed by atoms with Crippen molar-refractivity contribution < 1.29 is 16.9 Å². The maximum atomic E-state index is 2.82. The fraction of sp³-hybridized carbons (Fsp3) is 1.00. The summed E-state index contributed by atoms with van der Waals surface area (Å²) in [5.41, 5.74) is 0. The molecule has 0 aliphatic heterocycles. The van der Waals surface area contributed by atoms with Crippen molar-refractivity contribution in [2.24, 2.45) is 0 Å². The first-order valence-electron chi connectivity index (χ1n) is 21.0. The predicted molar refractivity (Wildman–Crippen MR) is 203 cm³/mol. The van der Waals surface area contributed by atoms with Crippen LogP contribution in [0.2, 0.25) is 0 Å². The second kappa shape index (κ2) is 38.7. The number of rotatable bonds is 38. The van der Waals surface area contributed by atoms with Crippen molar-refractivity contribution in [1.82, 2.24) is 4.90 Å². The lowest BCUT2D eigenvalue weighted by Gasteiger charge is -2.27. The highest BCUT2D eigenvalue weighted by atomic mass is 35.5. The number of unbranched alkanes of at least 4 members (excludes halogenated alkanes) is 30. The van der Waals surface area contributed by atoms with E-state index in [1.165, 1.54) is 238 Å². The Morgan fingerprint density at radius 2 is 0.489 bits per heavy atom. The maximum Gasteiger partial charge on any atom is 0.0792 e. The van der Waals surface area contributed by atoms with Gasteiger partial charge in [0.25, 0.3) is 0 Å². The molecule has 0 fully saturated rings. The average Bonchev–Trinajstić information content (AvgIpc) is 2.99. The molecule has 0 aliphatic rings. The van der Waals surface area contributed by atoms with Crippen LogP contribution in [0, 0.1) is 0 Å². The maximum absolute atomic E-state index is 2.82. The minimum absolute atomic E-state index is 0. The van der Waals surface area contributed by atoms with Gasteiger partial charge in [-0.1, -0.05) is 206 Å². The Bertz CT molecular complexity index is 481. The molecule has 0 bridgehead atoms. The molecular weight excluding hydrogens is 568 g/mol. The van der Waals surface area contributed by atoms with Crippen LogP contribution >= 0.6 is 0 Å². The van der Waals surface area contributed by atoms with Crippen molar-refractivity contribution in [3.8, 4) is 0 Å². The Kier molecular flexibility index (Phi) is 40.7. The smallest absolute Gasteiger partial charge is 0.0792 e. The molecule has 0 aromatic heterocycles. The Balaban J connectivity index is 0. The summed E-state index contributed by atoms with van der Waals surface area (Å²) in [5, 5.41) is 0. The second-order valence-electron chi connectivity index (χ2n) is 15.8. The third-order valence-electron chi connectivity index (χ3n) is 9.96. The van der Waals surface area contributed by atoms with Crippen LogP contribution in [-0.4, -0.2) is 56.7 Å². The van der Waals surface area contributed by atoms with Crippen molar-refractivity contribution in [3.05, 3.63) is 0 Å². The third-order valence-corrected chi connectivity index (χ3v) is 9.96. The zero-order chi connectivity index (χ0) is 32.2. The molecule has 2 nitrogen and oxygen atoms in total. The molecule has 0 N–H and O–H groups in total. The topological polar surface area (TPSA) is 3.24 Å². The van der Waals surface area contributed by atoms with Gasteiger partial charge in [-0.3, -0.25) is 0 Å². The first-order chi connectivity index (χ1) is 21.5. The van der Waals surface area contributed by atoms with Crippen LogP contribution in [0.1, 0.15) is 226 Å². The van der Waals surface area contributed by atoms with Gasteiger partial charge in [0.1, 0.15) is 0 Å². The zero-order valence-electron chi connectivity index (χ0n) is 32.4. The van der Waals surface area contributed by atoms with Gasteiger partial charge >= 0.3 is 0 Å². The van der Waals surface area contributed by atoms with Gasteiger partial charge in [0.15, 0.2) is 0 Å². The summed E-state index contributed by atoms with van der Waals surface area (Å²) < 4.78 is 1.10. The first-order valence-corrected chi connectivity index (χ1v) is 21.0. The molecule has 0 radical (unpaired) electrons. The van der Waals surface area contributed by atoms with Gasteiger partial charge < -0.3 is 21.8 Å². The largest absolute Gasteiger partial charge is 1.00 e. The molecule has 0 spiro atoms. The standard InChI is InChI=1S/C42H89N2.ClH/c1-6-8-10-12-14-16-18-20-22-24-26-28-30-32-34-36-39-43(41-38-42-44(3,4)5)40-37-35-33-31-29-27-25-23-21-19-17-15-13-11-9-7-2;/h6-42H2,1-5H3;1H/q+1;/p-1. The highest BCUT2D eigenvalue weighted by molar-refractivity contribution is 4.60. The summed E-state index contributed by atoms with van der Waals surface area (Å²) in [6, 6.07) is 0. The van der Waals surface area contributed by atoms with Gasteiger partial charge in [0, 0.05) is 13.0 Å². The number of hydrogen-bond donors (Lipinski definition) is 0. The molecule has 0 saturated heterocycles. The molecule has 0 heterocycles. The van der Waals surface area contributed by atoms with Gasteiger partial charge in [-0.15, -0.1) is 0 Å². The fourth-order valence-electron chi connectivity index (χ4n) is 6.87. The molecule has 0 aromatic rings. The van der Waals surface area contributed by atoms with E-state index in [1.54, 1.807) is 0 Å². The molecule has 0 saturated carbocycles. The highest BCUT2D eigenvalue weighted by Crippen LogP contribution is 2.16. The van der Waals surface area contributed by atoms with Crippen LogP contribution in [0.4, 0.5) is 0 Å². The van der Waals surface area contributed by atoms with Gasteiger partial charge in [-0.2, -0.15) is 0 Å². The van der Waals surface area contributed by atoms with Crippen molar-refractivity contribution in [3.63, 3.8) is 0 Å². The molecular formula is C42H89ClN2. The molecule has 45 heavy (non-hydrogen) atoms. The summed E-state index contributed by atoms with van der Waals surface area (Å²) in [5.74, 6) is 0. The number of quaternary nitrogens is 1. The number of halogens is 1. The molecule has 274 valence electrons. The SMILES string of the molecule is CCCCCCCCCCCCCCCCCCN(CCCCCCCCCCCCCCCCCC)CCC[N+](C)(C)C.[Cl-]. The zero-order valence-corrected chi connectivity index (χ0v) is 33.2. The summed E-state index contributed by atoms with van der Waals surface area (Å²) in [7, 11) is 7.03. The number of nitrogens with zero attached hydrogens (tertiary/aromatic N) is 2. The monoisotopic (exact) mass is 657 g/mol. The lowest BCUT2D eigenvalue weighted by atomic mass is 10.0. The van der Waals surface area contributed by atoms with E-state index in [-0.39, 0.29) is 12.4 Å². The highest BCUT2D eigenvalue weighted by Gasteiger charge is 2.10. The molecule has 0 rings (SSSR count).